The van der Waals surface area contributed by atoms with Gasteiger partial charge in [0.1, 0.15) is 0 Å². The van der Waals surface area contributed by atoms with Crippen LogP contribution in [0.1, 0.15) is 62.0 Å². The van der Waals surface area contributed by atoms with Crippen molar-refractivity contribution < 1.29 is 0 Å². The summed E-state index contributed by atoms with van der Waals surface area (Å²) >= 11 is 0. The molecule has 0 spiro atoms. The summed E-state index contributed by atoms with van der Waals surface area (Å²) in [4.78, 5) is 7.30. The zero-order valence-corrected chi connectivity index (χ0v) is 11.7. The Morgan fingerprint density at radius 3 is 2.47 bits per heavy atom. The highest BCUT2D eigenvalue weighted by Gasteiger charge is 2.20. The van der Waals surface area contributed by atoms with Gasteiger partial charge >= 0.3 is 0 Å². The number of likely N-dealkylation sites (N-methyl/N-ethyl adjacent to an activating group) is 1. The van der Waals surface area contributed by atoms with Crippen molar-refractivity contribution in [2.45, 2.75) is 52.5 Å². The van der Waals surface area contributed by atoms with E-state index in [-0.39, 0.29) is 0 Å². The molecule has 94 valence electrons. The first-order valence-electron chi connectivity index (χ1n) is 6.70. The van der Waals surface area contributed by atoms with Crippen LogP contribution in [-0.2, 0) is 13.0 Å². The van der Waals surface area contributed by atoms with Crippen LogP contribution in [0.15, 0.2) is 6.07 Å². The minimum Gasteiger partial charge on any atom is -0.300 e. The third-order valence-electron chi connectivity index (χ3n) is 3.60. The Hall–Kier alpha value is -0.890. The number of rotatable bonds is 2. The van der Waals surface area contributed by atoms with Crippen LogP contribution in [0, 0.1) is 0 Å². The quantitative estimate of drug-likeness (QED) is 0.777. The predicted octanol–water partition coefficient (Wildman–Crippen LogP) is 3.32. The summed E-state index contributed by atoms with van der Waals surface area (Å²) in [6.07, 6.45) is 1.15. The summed E-state index contributed by atoms with van der Waals surface area (Å²) in [5.74, 6) is 1.09. The maximum Gasteiger partial charge on any atom is 0.0579 e. The van der Waals surface area contributed by atoms with Gasteiger partial charge in [-0.15, -0.1) is 0 Å². The van der Waals surface area contributed by atoms with E-state index in [4.69, 9.17) is 4.98 Å². The maximum absolute atomic E-state index is 4.94. The molecule has 0 amide bonds. The first-order chi connectivity index (χ1) is 7.99. The van der Waals surface area contributed by atoms with Gasteiger partial charge < -0.3 is 4.90 Å². The first-order valence-corrected chi connectivity index (χ1v) is 6.70. The third-order valence-corrected chi connectivity index (χ3v) is 3.60. The molecule has 0 aromatic carbocycles. The number of fused-ring (bicyclic) bond motifs is 1. The lowest BCUT2D eigenvalue weighted by Crippen LogP contribution is -2.28. The Kier molecular flexibility index (Phi) is 3.53. The van der Waals surface area contributed by atoms with Crippen molar-refractivity contribution in [2.24, 2.45) is 0 Å². The smallest absolute Gasteiger partial charge is 0.0579 e. The molecule has 2 heteroatoms. The lowest BCUT2D eigenvalue weighted by molar-refractivity contribution is 0.306. The summed E-state index contributed by atoms with van der Waals surface area (Å²) in [5, 5.41) is 0. The second-order valence-corrected chi connectivity index (χ2v) is 5.87. The van der Waals surface area contributed by atoms with Crippen LogP contribution < -0.4 is 0 Å². The van der Waals surface area contributed by atoms with Crippen molar-refractivity contribution >= 4 is 0 Å². The van der Waals surface area contributed by atoms with Crippen LogP contribution in [0.25, 0.3) is 0 Å². The van der Waals surface area contributed by atoms with Gasteiger partial charge in [0.05, 0.1) is 5.69 Å². The van der Waals surface area contributed by atoms with E-state index < -0.39 is 0 Å². The van der Waals surface area contributed by atoms with Crippen LogP contribution in [0.4, 0.5) is 0 Å². The normalized spacial score (nSPS) is 16.6. The Labute approximate surface area is 105 Å². The number of hydrogen-bond acceptors (Lipinski definition) is 2. The van der Waals surface area contributed by atoms with E-state index in [1.807, 2.05) is 0 Å². The number of hydrogen-bond donors (Lipinski definition) is 0. The van der Waals surface area contributed by atoms with Gasteiger partial charge in [0, 0.05) is 18.8 Å². The molecule has 2 rings (SSSR count). The van der Waals surface area contributed by atoms with E-state index in [0.29, 0.717) is 11.8 Å². The van der Waals surface area contributed by atoms with E-state index in [0.717, 1.165) is 19.5 Å². The van der Waals surface area contributed by atoms with Crippen molar-refractivity contribution in [3.8, 4) is 0 Å². The van der Waals surface area contributed by atoms with E-state index in [2.05, 4.69) is 45.7 Å². The van der Waals surface area contributed by atoms with Crippen LogP contribution in [-0.4, -0.2) is 23.5 Å². The summed E-state index contributed by atoms with van der Waals surface area (Å²) in [6, 6.07) is 2.41. The average Bonchev–Trinajstić information content (AvgIpc) is 2.26. The molecule has 0 bridgehead atoms. The second-order valence-electron chi connectivity index (χ2n) is 5.87. The zero-order chi connectivity index (χ0) is 12.6. The highest BCUT2D eigenvalue weighted by molar-refractivity contribution is 5.35. The molecule has 0 N–H and O–H groups in total. The molecule has 17 heavy (non-hydrogen) atoms. The van der Waals surface area contributed by atoms with Crippen molar-refractivity contribution in [1.82, 2.24) is 9.88 Å². The van der Waals surface area contributed by atoms with Gasteiger partial charge in [-0.1, -0.05) is 33.8 Å². The third kappa shape index (κ3) is 2.52. The van der Waals surface area contributed by atoms with Crippen LogP contribution in [0.2, 0.25) is 0 Å². The van der Waals surface area contributed by atoms with Gasteiger partial charge in [-0.05, 0) is 36.4 Å². The molecular formula is C15H24N2. The summed E-state index contributed by atoms with van der Waals surface area (Å²) in [5.41, 5.74) is 5.51. The zero-order valence-electron chi connectivity index (χ0n) is 11.7. The Morgan fingerprint density at radius 2 is 1.88 bits per heavy atom. The molecule has 0 fully saturated rings. The predicted molar refractivity (Wildman–Crippen MR) is 72.5 cm³/mol. The number of aromatic nitrogens is 1. The standard InChI is InChI=1S/C15H24N2/c1-10(2)13-8-12-6-7-17(5)9-14(12)16-15(13)11(3)4/h8,10-11H,6-7,9H2,1-5H3. The van der Waals surface area contributed by atoms with E-state index in [9.17, 15) is 0 Å². The molecule has 2 heterocycles. The molecule has 1 aliphatic heterocycles. The topological polar surface area (TPSA) is 16.1 Å². The van der Waals surface area contributed by atoms with Gasteiger partial charge in [0.15, 0.2) is 0 Å². The Morgan fingerprint density at radius 1 is 1.18 bits per heavy atom. The molecular weight excluding hydrogens is 208 g/mol. The molecule has 1 aliphatic rings. The fourth-order valence-corrected chi connectivity index (χ4v) is 2.55. The molecule has 1 aromatic rings. The summed E-state index contributed by atoms with van der Waals surface area (Å²) in [7, 11) is 2.18. The average molecular weight is 232 g/mol. The lowest BCUT2D eigenvalue weighted by Gasteiger charge is -2.27. The molecule has 0 unspecified atom stereocenters. The van der Waals surface area contributed by atoms with Crippen molar-refractivity contribution in [3.63, 3.8) is 0 Å². The second kappa shape index (κ2) is 4.77. The van der Waals surface area contributed by atoms with Gasteiger partial charge in [0.25, 0.3) is 0 Å². The fourth-order valence-electron chi connectivity index (χ4n) is 2.55. The Bertz CT molecular complexity index is 408. The van der Waals surface area contributed by atoms with Crippen molar-refractivity contribution in [3.05, 3.63) is 28.6 Å². The van der Waals surface area contributed by atoms with Gasteiger partial charge in [0.2, 0.25) is 0 Å². The fraction of sp³-hybridized carbons (Fsp3) is 0.667. The highest BCUT2D eigenvalue weighted by Crippen LogP contribution is 2.28. The SMILES string of the molecule is CC(C)c1cc2c(nc1C(C)C)CN(C)CC2. The minimum atomic E-state index is 0.518. The summed E-state index contributed by atoms with van der Waals surface area (Å²) < 4.78 is 0. The number of pyridine rings is 1. The van der Waals surface area contributed by atoms with Gasteiger partial charge in [-0.2, -0.15) is 0 Å². The highest BCUT2D eigenvalue weighted by atomic mass is 15.1. The molecule has 0 aliphatic carbocycles. The van der Waals surface area contributed by atoms with Crippen molar-refractivity contribution in [1.29, 1.82) is 0 Å². The minimum absolute atomic E-state index is 0.518. The molecule has 0 atom stereocenters. The maximum atomic E-state index is 4.94. The molecule has 0 radical (unpaired) electrons. The van der Waals surface area contributed by atoms with Gasteiger partial charge in [-0.25, -0.2) is 0 Å². The monoisotopic (exact) mass is 232 g/mol. The lowest BCUT2D eigenvalue weighted by atomic mass is 9.91. The van der Waals surface area contributed by atoms with Crippen molar-refractivity contribution in [2.75, 3.05) is 13.6 Å². The van der Waals surface area contributed by atoms with Crippen LogP contribution >= 0.6 is 0 Å². The van der Waals surface area contributed by atoms with E-state index in [1.165, 1.54) is 22.5 Å². The Balaban J connectivity index is 2.48. The largest absolute Gasteiger partial charge is 0.300 e. The number of nitrogens with zero attached hydrogens (tertiary/aromatic N) is 2. The van der Waals surface area contributed by atoms with Gasteiger partial charge in [-0.3, -0.25) is 4.98 Å². The molecule has 0 saturated heterocycles. The van der Waals surface area contributed by atoms with E-state index in [1.54, 1.807) is 0 Å². The molecule has 1 aromatic heterocycles. The first kappa shape index (κ1) is 12.6. The van der Waals surface area contributed by atoms with Crippen LogP contribution in [0.3, 0.4) is 0 Å². The van der Waals surface area contributed by atoms with Crippen LogP contribution in [0.5, 0.6) is 0 Å². The molecule has 2 nitrogen and oxygen atoms in total. The van der Waals surface area contributed by atoms with E-state index >= 15 is 0 Å². The summed E-state index contributed by atoms with van der Waals surface area (Å²) in [6.45, 7) is 11.2. The molecule has 0 saturated carbocycles.